The van der Waals surface area contributed by atoms with Gasteiger partial charge in [-0.25, -0.2) is 4.98 Å². The van der Waals surface area contributed by atoms with Crippen LogP contribution in [-0.2, 0) is 22.4 Å². The predicted octanol–water partition coefficient (Wildman–Crippen LogP) is 1.01. The number of hydrogen-bond donors (Lipinski definition) is 1. The molecule has 1 aliphatic rings. The highest BCUT2D eigenvalue weighted by molar-refractivity contribution is 4.93. The van der Waals surface area contributed by atoms with Crippen LogP contribution in [0.15, 0.2) is 6.33 Å². The maximum atomic E-state index is 5.84. The van der Waals surface area contributed by atoms with Crippen molar-refractivity contribution in [1.29, 1.82) is 0 Å². The maximum absolute atomic E-state index is 5.84. The fourth-order valence-corrected chi connectivity index (χ4v) is 2.44. The first-order chi connectivity index (χ1) is 9.85. The largest absolute Gasteiger partial charge is 0.376 e. The van der Waals surface area contributed by atoms with Gasteiger partial charge in [-0.05, 0) is 19.4 Å². The molecular weight excluding hydrogens is 256 g/mol. The molecule has 1 fully saturated rings. The highest BCUT2D eigenvalue weighted by Gasteiger charge is 2.26. The van der Waals surface area contributed by atoms with E-state index in [9.17, 15) is 0 Å². The summed E-state index contributed by atoms with van der Waals surface area (Å²) in [6, 6.07) is 0.232. The summed E-state index contributed by atoms with van der Waals surface area (Å²) in [5, 5.41) is 7.85. The molecule has 0 aliphatic carbocycles. The van der Waals surface area contributed by atoms with Gasteiger partial charge in [-0.15, -0.1) is 0 Å². The summed E-state index contributed by atoms with van der Waals surface area (Å²) in [4.78, 5) is 4.39. The molecular formula is C14H26N4O2. The van der Waals surface area contributed by atoms with Gasteiger partial charge in [0, 0.05) is 19.0 Å². The van der Waals surface area contributed by atoms with E-state index in [-0.39, 0.29) is 12.1 Å². The topological polar surface area (TPSA) is 61.2 Å². The Labute approximate surface area is 120 Å². The molecule has 2 atom stereocenters. The second kappa shape index (κ2) is 8.34. The molecule has 20 heavy (non-hydrogen) atoms. The first kappa shape index (κ1) is 15.4. The molecule has 2 unspecified atom stereocenters. The smallest absolute Gasteiger partial charge is 0.138 e. The minimum absolute atomic E-state index is 0.0991. The lowest BCUT2D eigenvalue weighted by molar-refractivity contribution is -0.101. The Morgan fingerprint density at radius 3 is 3.00 bits per heavy atom. The van der Waals surface area contributed by atoms with E-state index in [1.54, 1.807) is 6.33 Å². The van der Waals surface area contributed by atoms with E-state index < -0.39 is 0 Å². The van der Waals surface area contributed by atoms with Gasteiger partial charge in [0.2, 0.25) is 0 Å². The Bertz CT molecular complexity index is 377. The van der Waals surface area contributed by atoms with Gasteiger partial charge in [0.1, 0.15) is 12.2 Å². The average molecular weight is 282 g/mol. The number of nitrogens with zero attached hydrogens (tertiary/aromatic N) is 3. The van der Waals surface area contributed by atoms with E-state index in [0.29, 0.717) is 19.8 Å². The van der Waals surface area contributed by atoms with Crippen molar-refractivity contribution in [3.63, 3.8) is 0 Å². The Hall–Kier alpha value is -0.980. The zero-order chi connectivity index (χ0) is 14.2. The summed E-state index contributed by atoms with van der Waals surface area (Å²) in [7, 11) is 0. The first-order valence-corrected chi connectivity index (χ1v) is 7.64. The quantitative estimate of drug-likeness (QED) is 0.771. The van der Waals surface area contributed by atoms with Crippen molar-refractivity contribution in [2.75, 3.05) is 26.4 Å². The molecule has 6 heteroatoms. The molecule has 0 bridgehead atoms. The Balaban J connectivity index is 1.99. The number of hydrogen-bond acceptors (Lipinski definition) is 5. The van der Waals surface area contributed by atoms with Gasteiger partial charge < -0.3 is 14.8 Å². The van der Waals surface area contributed by atoms with Crippen LogP contribution in [0.1, 0.15) is 32.5 Å². The SMILES string of the molecule is CCCNC(Cc1ncnn1CCC)C1COCCO1. The van der Waals surface area contributed by atoms with Crippen LogP contribution in [0.4, 0.5) is 0 Å². The van der Waals surface area contributed by atoms with E-state index in [4.69, 9.17) is 9.47 Å². The lowest BCUT2D eigenvalue weighted by atomic mass is 10.1. The van der Waals surface area contributed by atoms with Gasteiger partial charge in [-0.2, -0.15) is 5.10 Å². The standard InChI is InChI=1S/C14H26N4O2/c1-3-5-15-12(13-10-19-7-8-20-13)9-14-16-11-17-18(14)6-4-2/h11-13,15H,3-10H2,1-2H3. The molecule has 1 N–H and O–H groups in total. The van der Waals surface area contributed by atoms with E-state index in [1.165, 1.54) is 0 Å². The van der Waals surface area contributed by atoms with Gasteiger partial charge in [0.25, 0.3) is 0 Å². The third-order valence-corrected chi connectivity index (χ3v) is 3.48. The third kappa shape index (κ3) is 4.26. The van der Waals surface area contributed by atoms with E-state index in [0.717, 1.165) is 38.2 Å². The molecule has 1 aromatic rings. The monoisotopic (exact) mass is 282 g/mol. The first-order valence-electron chi connectivity index (χ1n) is 7.64. The van der Waals surface area contributed by atoms with Crippen molar-refractivity contribution in [2.45, 2.75) is 51.8 Å². The van der Waals surface area contributed by atoms with E-state index >= 15 is 0 Å². The summed E-state index contributed by atoms with van der Waals surface area (Å²) in [6.45, 7) is 8.24. The Morgan fingerprint density at radius 2 is 2.30 bits per heavy atom. The minimum Gasteiger partial charge on any atom is -0.376 e. The van der Waals surface area contributed by atoms with Crippen molar-refractivity contribution in [1.82, 2.24) is 20.1 Å². The van der Waals surface area contributed by atoms with Gasteiger partial charge >= 0.3 is 0 Å². The van der Waals surface area contributed by atoms with Gasteiger partial charge in [0.05, 0.1) is 25.9 Å². The summed E-state index contributed by atoms with van der Waals surface area (Å²) in [5.41, 5.74) is 0. The molecule has 0 spiro atoms. The molecule has 114 valence electrons. The molecule has 6 nitrogen and oxygen atoms in total. The van der Waals surface area contributed by atoms with E-state index in [1.807, 2.05) is 4.68 Å². The van der Waals surface area contributed by atoms with Crippen LogP contribution in [0.5, 0.6) is 0 Å². The van der Waals surface area contributed by atoms with Crippen LogP contribution in [0.25, 0.3) is 0 Å². The van der Waals surface area contributed by atoms with Crippen molar-refractivity contribution in [3.05, 3.63) is 12.2 Å². The van der Waals surface area contributed by atoms with Crippen molar-refractivity contribution < 1.29 is 9.47 Å². The Morgan fingerprint density at radius 1 is 1.40 bits per heavy atom. The van der Waals surface area contributed by atoms with Gasteiger partial charge in [0.15, 0.2) is 0 Å². The summed E-state index contributed by atoms with van der Waals surface area (Å²) >= 11 is 0. The molecule has 2 rings (SSSR count). The zero-order valence-electron chi connectivity index (χ0n) is 12.5. The molecule has 0 amide bonds. The normalized spacial score (nSPS) is 21.0. The molecule has 2 heterocycles. The lowest BCUT2D eigenvalue weighted by Gasteiger charge is -2.31. The molecule has 1 saturated heterocycles. The summed E-state index contributed by atoms with van der Waals surface area (Å²) in [6.07, 6.45) is 4.73. The Kier molecular flexibility index (Phi) is 6.42. The highest BCUT2D eigenvalue weighted by atomic mass is 16.6. The van der Waals surface area contributed by atoms with Crippen molar-refractivity contribution in [3.8, 4) is 0 Å². The van der Waals surface area contributed by atoms with Crippen LogP contribution < -0.4 is 5.32 Å². The minimum atomic E-state index is 0.0991. The molecule has 1 aromatic heterocycles. The maximum Gasteiger partial charge on any atom is 0.138 e. The number of nitrogens with one attached hydrogen (secondary N) is 1. The van der Waals surface area contributed by atoms with Crippen LogP contribution in [0.3, 0.4) is 0 Å². The van der Waals surface area contributed by atoms with Gasteiger partial charge in [-0.1, -0.05) is 13.8 Å². The number of aromatic nitrogens is 3. The number of rotatable bonds is 8. The molecule has 0 aromatic carbocycles. The molecule has 1 aliphatic heterocycles. The second-order valence-corrected chi connectivity index (χ2v) is 5.15. The predicted molar refractivity (Wildman–Crippen MR) is 76.7 cm³/mol. The summed E-state index contributed by atoms with van der Waals surface area (Å²) < 4.78 is 13.4. The van der Waals surface area contributed by atoms with Crippen molar-refractivity contribution in [2.24, 2.45) is 0 Å². The third-order valence-electron chi connectivity index (χ3n) is 3.48. The fourth-order valence-electron chi connectivity index (χ4n) is 2.44. The van der Waals surface area contributed by atoms with Crippen molar-refractivity contribution >= 4 is 0 Å². The summed E-state index contributed by atoms with van der Waals surface area (Å²) in [5.74, 6) is 1.02. The van der Waals surface area contributed by atoms with Crippen LogP contribution in [-0.4, -0.2) is 53.3 Å². The number of aryl methyl sites for hydroxylation is 1. The van der Waals surface area contributed by atoms with Crippen LogP contribution in [0, 0.1) is 0 Å². The van der Waals surface area contributed by atoms with E-state index in [2.05, 4.69) is 29.2 Å². The lowest BCUT2D eigenvalue weighted by Crippen LogP contribution is -2.48. The fraction of sp³-hybridized carbons (Fsp3) is 0.857. The molecule has 0 saturated carbocycles. The average Bonchev–Trinajstić information content (AvgIpc) is 2.92. The zero-order valence-corrected chi connectivity index (χ0v) is 12.5. The van der Waals surface area contributed by atoms with Crippen LogP contribution >= 0.6 is 0 Å². The molecule has 0 radical (unpaired) electrons. The van der Waals surface area contributed by atoms with Crippen LogP contribution in [0.2, 0.25) is 0 Å². The second-order valence-electron chi connectivity index (χ2n) is 5.15. The van der Waals surface area contributed by atoms with Gasteiger partial charge in [-0.3, -0.25) is 4.68 Å². The number of ether oxygens (including phenoxy) is 2. The highest BCUT2D eigenvalue weighted by Crippen LogP contribution is 2.11.